The fourth-order valence-corrected chi connectivity index (χ4v) is 3.19. The number of carbonyl (C=O) groups is 1. The summed E-state index contributed by atoms with van der Waals surface area (Å²) < 4.78 is 5.12. The molecule has 1 amide bonds. The largest absolute Gasteiger partial charge is 0.497 e. The van der Waals surface area contributed by atoms with Crippen LogP contribution in [0.1, 0.15) is 21.5 Å². The predicted molar refractivity (Wildman–Crippen MR) is 124 cm³/mol. The number of hydrogen-bond donors (Lipinski definition) is 2. The quantitative estimate of drug-likeness (QED) is 0.344. The van der Waals surface area contributed by atoms with Crippen LogP contribution in [0.3, 0.4) is 0 Å². The SMILES string of the molecule is COc1ccc(/C=N/NC(=O)c2ccc(Nc3cc(C)c4ccccc4n3)cc2)cc1. The van der Waals surface area contributed by atoms with Crippen LogP contribution in [0.4, 0.5) is 11.5 Å². The number of fused-ring (bicyclic) bond motifs is 1. The van der Waals surface area contributed by atoms with Crippen LogP contribution in [0.2, 0.25) is 0 Å². The number of rotatable bonds is 6. The maximum absolute atomic E-state index is 12.3. The molecule has 1 aromatic heterocycles. The second-order valence-corrected chi connectivity index (χ2v) is 7.02. The average Bonchev–Trinajstić information content (AvgIpc) is 2.80. The minimum Gasteiger partial charge on any atom is -0.497 e. The van der Waals surface area contributed by atoms with Crippen molar-refractivity contribution in [3.05, 3.63) is 95.6 Å². The first-order valence-electron chi connectivity index (χ1n) is 9.83. The topological polar surface area (TPSA) is 75.6 Å². The number of ether oxygens (including phenoxy) is 1. The Kier molecular flexibility index (Phi) is 5.89. The summed E-state index contributed by atoms with van der Waals surface area (Å²) >= 11 is 0. The van der Waals surface area contributed by atoms with E-state index in [1.54, 1.807) is 25.5 Å². The molecule has 4 rings (SSSR count). The summed E-state index contributed by atoms with van der Waals surface area (Å²) in [5.74, 6) is 1.25. The van der Waals surface area contributed by atoms with Gasteiger partial charge in [-0.15, -0.1) is 0 Å². The van der Waals surface area contributed by atoms with Crippen LogP contribution in [-0.4, -0.2) is 24.2 Å². The van der Waals surface area contributed by atoms with Gasteiger partial charge in [-0.05, 0) is 78.7 Å². The number of anilines is 2. The maximum atomic E-state index is 12.3. The molecule has 0 fully saturated rings. The molecule has 0 spiro atoms. The molecule has 6 nitrogen and oxygen atoms in total. The van der Waals surface area contributed by atoms with Crippen LogP contribution in [0.15, 0.2) is 84.0 Å². The van der Waals surface area contributed by atoms with Crippen molar-refractivity contribution in [2.45, 2.75) is 6.92 Å². The Hall–Kier alpha value is -4.19. The van der Waals surface area contributed by atoms with E-state index in [0.717, 1.165) is 39.3 Å². The Labute approximate surface area is 180 Å². The molecule has 31 heavy (non-hydrogen) atoms. The van der Waals surface area contributed by atoms with Crippen LogP contribution in [0.5, 0.6) is 5.75 Å². The Bertz CT molecular complexity index is 1230. The van der Waals surface area contributed by atoms with Crippen molar-refractivity contribution in [3.63, 3.8) is 0 Å². The molecule has 3 aromatic carbocycles. The minimum absolute atomic E-state index is 0.281. The highest BCUT2D eigenvalue weighted by atomic mass is 16.5. The molecule has 6 heteroatoms. The summed E-state index contributed by atoms with van der Waals surface area (Å²) in [5, 5.41) is 8.44. The lowest BCUT2D eigenvalue weighted by Crippen LogP contribution is -2.17. The predicted octanol–water partition coefficient (Wildman–Crippen LogP) is 5.06. The van der Waals surface area contributed by atoms with Crippen molar-refractivity contribution in [1.29, 1.82) is 0 Å². The number of methoxy groups -OCH3 is 1. The van der Waals surface area contributed by atoms with Crippen molar-refractivity contribution >= 4 is 34.5 Å². The van der Waals surface area contributed by atoms with Gasteiger partial charge >= 0.3 is 0 Å². The Morgan fingerprint density at radius 3 is 2.48 bits per heavy atom. The third-order valence-electron chi connectivity index (χ3n) is 4.84. The van der Waals surface area contributed by atoms with Crippen molar-refractivity contribution in [2.24, 2.45) is 5.10 Å². The van der Waals surface area contributed by atoms with E-state index in [-0.39, 0.29) is 5.91 Å². The van der Waals surface area contributed by atoms with Gasteiger partial charge in [0, 0.05) is 16.6 Å². The molecule has 0 saturated heterocycles. The molecule has 0 bridgehead atoms. The van der Waals surface area contributed by atoms with Gasteiger partial charge in [0.2, 0.25) is 0 Å². The number of pyridine rings is 1. The number of aromatic nitrogens is 1. The van der Waals surface area contributed by atoms with Crippen LogP contribution in [-0.2, 0) is 0 Å². The molecule has 0 saturated carbocycles. The molecule has 0 atom stereocenters. The first-order chi connectivity index (χ1) is 15.1. The lowest BCUT2D eigenvalue weighted by molar-refractivity contribution is 0.0955. The first kappa shape index (κ1) is 20.1. The van der Waals surface area contributed by atoms with Crippen molar-refractivity contribution in [3.8, 4) is 5.75 Å². The van der Waals surface area contributed by atoms with Gasteiger partial charge in [-0.3, -0.25) is 4.79 Å². The second kappa shape index (κ2) is 9.09. The van der Waals surface area contributed by atoms with E-state index in [2.05, 4.69) is 33.8 Å². The molecule has 2 N–H and O–H groups in total. The summed E-state index contributed by atoms with van der Waals surface area (Å²) in [6.07, 6.45) is 1.58. The van der Waals surface area contributed by atoms with Crippen LogP contribution >= 0.6 is 0 Å². The molecule has 0 aliphatic carbocycles. The van der Waals surface area contributed by atoms with Crippen molar-refractivity contribution < 1.29 is 9.53 Å². The molecule has 154 valence electrons. The highest BCUT2D eigenvalue weighted by molar-refractivity contribution is 5.95. The zero-order valence-corrected chi connectivity index (χ0v) is 17.3. The average molecular weight is 410 g/mol. The third kappa shape index (κ3) is 4.87. The Balaban J connectivity index is 1.39. The molecule has 1 heterocycles. The number of nitrogens with zero attached hydrogens (tertiary/aromatic N) is 2. The number of carbonyl (C=O) groups excluding carboxylic acids is 1. The van der Waals surface area contributed by atoms with E-state index in [9.17, 15) is 4.79 Å². The summed E-state index contributed by atoms with van der Waals surface area (Å²) in [6.45, 7) is 2.06. The molecular weight excluding hydrogens is 388 g/mol. The number of nitrogens with one attached hydrogen (secondary N) is 2. The monoisotopic (exact) mass is 410 g/mol. The molecular formula is C25H22N4O2. The number of benzene rings is 3. The zero-order chi connectivity index (χ0) is 21.6. The number of para-hydroxylation sites is 1. The lowest BCUT2D eigenvalue weighted by atomic mass is 10.1. The minimum atomic E-state index is -0.281. The van der Waals surface area contributed by atoms with Gasteiger partial charge in [0.15, 0.2) is 0 Å². The number of hydrazone groups is 1. The van der Waals surface area contributed by atoms with Gasteiger partial charge in [-0.2, -0.15) is 5.10 Å². The van der Waals surface area contributed by atoms with E-state index < -0.39 is 0 Å². The first-order valence-corrected chi connectivity index (χ1v) is 9.83. The fourth-order valence-electron chi connectivity index (χ4n) is 3.19. The van der Waals surface area contributed by atoms with E-state index in [1.165, 1.54) is 0 Å². The van der Waals surface area contributed by atoms with Gasteiger partial charge in [0.1, 0.15) is 11.6 Å². The van der Waals surface area contributed by atoms with E-state index >= 15 is 0 Å². The maximum Gasteiger partial charge on any atom is 0.271 e. The van der Waals surface area contributed by atoms with Crippen molar-refractivity contribution in [2.75, 3.05) is 12.4 Å². The molecule has 0 radical (unpaired) electrons. The summed E-state index contributed by atoms with van der Waals surface area (Å²) in [7, 11) is 1.61. The van der Waals surface area contributed by atoms with Crippen LogP contribution < -0.4 is 15.5 Å². The summed E-state index contributed by atoms with van der Waals surface area (Å²) in [6, 6.07) is 24.6. The third-order valence-corrected chi connectivity index (χ3v) is 4.84. The molecule has 4 aromatic rings. The van der Waals surface area contributed by atoms with Crippen LogP contribution in [0, 0.1) is 6.92 Å². The zero-order valence-electron chi connectivity index (χ0n) is 17.3. The summed E-state index contributed by atoms with van der Waals surface area (Å²) in [4.78, 5) is 17.0. The van der Waals surface area contributed by atoms with Crippen molar-refractivity contribution in [1.82, 2.24) is 10.4 Å². The second-order valence-electron chi connectivity index (χ2n) is 7.02. The van der Waals surface area contributed by atoms with E-state index in [4.69, 9.17) is 4.74 Å². The Morgan fingerprint density at radius 1 is 1.00 bits per heavy atom. The van der Waals surface area contributed by atoms with E-state index in [0.29, 0.717) is 5.56 Å². The number of hydrogen-bond acceptors (Lipinski definition) is 5. The standard InChI is InChI=1S/C25H22N4O2/c1-17-15-24(28-23-6-4-3-5-22(17)23)27-20-11-9-19(10-12-20)25(30)29-26-16-18-7-13-21(31-2)14-8-18/h3-16H,1-2H3,(H,27,28)(H,29,30)/b26-16+. The highest BCUT2D eigenvalue weighted by Crippen LogP contribution is 2.22. The molecule has 0 aliphatic heterocycles. The van der Waals surface area contributed by atoms with Gasteiger partial charge in [0.25, 0.3) is 5.91 Å². The lowest BCUT2D eigenvalue weighted by Gasteiger charge is -2.09. The van der Waals surface area contributed by atoms with E-state index in [1.807, 2.05) is 60.7 Å². The van der Waals surface area contributed by atoms with Gasteiger partial charge in [-0.1, -0.05) is 18.2 Å². The number of aryl methyl sites for hydroxylation is 1. The fraction of sp³-hybridized carbons (Fsp3) is 0.0800. The smallest absolute Gasteiger partial charge is 0.271 e. The highest BCUT2D eigenvalue weighted by Gasteiger charge is 2.06. The van der Waals surface area contributed by atoms with Gasteiger partial charge in [0.05, 0.1) is 18.8 Å². The number of amides is 1. The van der Waals surface area contributed by atoms with Gasteiger partial charge in [-0.25, -0.2) is 10.4 Å². The van der Waals surface area contributed by atoms with Crippen LogP contribution in [0.25, 0.3) is 10.9 Å². The normalized spacial score (nSPS) is 10.9. The Morgan fingerprint density at radius 2 is 1.74 bits per heavy atom. The molecule has 0 aliphatic rings. The van der Waals surface area contributed by atoms with Gasteiger partial charge < -0.3 is 10.1 Å². The summed E-state index contributed by atoms with van der Waals surface area (Å²) in [5.41, 5.74) is 6.85. The molecule has 0 unspecified atom stereocenters.